The van der Waals surface area contributed by atoms with Crippen molar-refractivity contribution in [2.75, 3.05) is 5.32 Å². The zero-order valence-corrected chi connectivity index (χ0v) is 9.26. The van der Waals surface area contributed by atoms with Crippen LogP contribution in [0.3, 0.4) is 0 Å². The SMILES string of the molecule is O=C(O)[C@@H](O)[C@@H](O)C(=O)Nc1ccc(Cl)cc1. The predicted octanol–water partition coefficient (Wildman–Crippen LogP) is 0.0849. The highest BCUT2D eigenvalue weighted by atomic mass is 35.5. The van der Waals surface area contributed by atoms with Gasteiger partial charge in [0, 0.05) is 10.7 Å². The molecule has 0 spiro atoms. The number of carbonyl (C=O) groups excluding carboxylic acids is 1. The lowest BCUT2D eigenvalue weighted by atomic mass is 10.2. The Labute approximate surface area is 101 Å². The summed E-state index contributed by atoms with van der Waals surface area (Å²) >= 11 is 5.62. The molecule has 0 saturated carbocycles. The van der Waals surface area contributed by atoms with Crippen LogP contribution in [-0.4, -0.2) is 39.4 Å². The molecular weight excluding hydrogens is 250 g/mol. The summed E-state index contributed by atoms with van der Waals surface area (Å²) in [5.41, 5.74) is 0.330. The summed E-state index contributed by atoms with van der Waals surface area (Å²) in [4.78, 5) is 21.7. The number of nitrogens with one attached hydrogen (secondary N) is 1. The number of halogens is 1. The van der Waals surface area contributed by atoms with E-state index >= 15 is 0 Å². The molecule has 0 aliphatic carbocycles. The van der Waals surface area contributed by atoms with Crippen molar-refractivity contribution < 1.29 is 24.9 Å². The average Bonchev–Trinajstić information content (AvgIpc) is 2.30. The number of anilines is 1. The smallest absolute Gasteiger partial charge is 0.335 e. The molecule has 0 aliphatic rings. The minimum atomic E-state index is -2.16. The number of hydrogen-bond acceptors (Lipinski definition) is 4. The van der Waals surface area contributed by atoms with Crippen molar-refractivity contribution in [3.05, 3.63) is 29.3 Å². The van der Waals surface area contributed by atoms with Crippen LogP contribution in [0.1, 0.15) is 0 Å². The van der Waals surface area contributed by atoms with Crippen LogP contribution in [0.4, 0.5) is 5.69 Å². The Bertz CT molecular complexity index is 419. The standard InChI is InChI=1S/C10H10ClNO5/c11-5-1-3-6(4-2-5)12-9(15)7(13)8(14)10(16)17/h1-4,7-8,13-14H,(H,12,15)(H,16,17)/t7-,8+/m1/s1. The van der Waals surface area contributed by atoms with E-state index in [1.165, 1.54) is 24.3 Å². The predicted molar refractivity (Wildman–Crippen MR) is 59.7 cm³/mol. The van der Waals surface area contributed by atoms with Crippen LogP contribution in [0.25, 0.3) is 0 Å². The topological polar surface area (TPSA) is 107 Å². The van der Waals surface area contributed by atoms with Crippen molar-refractivity contribution in [1.29, 1.82) is 0 Å². The molecule has 92 valence electrons. The molecular formula is C10H10ClNO5. The fourth-order valence-electron chi connectivity index (χ4n) is 1.03. The van der Waals surface area contributed by atoms with Gasteiger partial charge in [-0.25, -0.2) is 4.79 Å². The molecule has 2 atom stereocenters. The van der Waals surface area contributed by atoms with Crippen molar-refractivity contribution >= 4 is 29.2 Å². The van der Waals surface area contributed by atoms with Crippen molar-refractivity contribution in [3.8, 4) is 0 Å². The number of carboxylic acids is 1. The van der Waals surface area contributed by atoms with Gasteiger partial charge in [-0.05, 0) is 24.3 Å². The lowest BCUT2D eigenvalue weighted by Crippen LogP contribution is -2.42. The fourth-order valence-corrected chi connectivity index (χ4v) is 1.15. The zero-order valence-electron chi connectivity index (χ0n) is 8.50. The molecule has 0 saturated heterocycles. The second kappa shape index (κ2) is 5.62. The maximum atomic E-state index is 11.3. The van der Waals surface area contributed by atoms with Gasteiger partial charge in [-0.3, -0.25) is 4.79 Å². The number of rotatable bonds is 4. The van der Waals surface area contributed by atoms with Crippen LogP contribution in [0.5, 0.6) is 0 Å². The van der Waals surface area contributed by atoms with E-state index in [9.17, 15) is 14.7 Å². The van der Waals surface area contributed by atoms with Gasteiger partial charge in [-0.1, -0.05) is 11.6 Å². The molecule has 0 bridgehead atoms. The van der Waals surface area contributed by atoms with Gasteiger partial charge >= 0.3 is 5.97 Å². The van der Waals surface area contributed by atoms with Gasteiger partial charge in [0.25, 0.3) is 5.91 Å². The van der Waals surface area contributed by atoms with Gasteiger partial charge < -0.3 is 20.6 Å². The van der Waals surface area contributed by atoms with Crippen LogP contribution in [0, 0.1) is 0 Å². The molecule has 0 radical (unpaired) electrons. The summed E-state index contributed by atoms with van der Waals surface area (Å²) in [6.07, 6.45) is -4.20. The maximum Gasteiger partial charge on any atom is 0.335 e. The second-order valence-electron chi connectivity index (χ2n) is 3.22. The minimum Gasteiger partial charge on any atom is -0.479 e. The third-order valence-corrected chi connectivity index (χ3v) is 2.18. The Balaban J connectivity index is 2.66. The van der Waals surface area contributed by atoms with Gasteiger partial charge in [0.2, 0.25) is 0 Å². The Morgan fingerprint density at radius 1 is 1.12 bits per heavy atom. The molecule has 0 aliphatic heterocycles. The summed E-state index contributed by atoms with van der Waals surface area (Å²) in [7, 11) is 0. The summed E-state index contributed by atoms with van der Waals surface area (Å²) < 4.78 is 0. The molecule has 0 fully saturated rings. The molecule has 1 amide bonds. The Morgan fingerprint density at radius 2 is 1.65 bits per heavy atom. The molecule has 7 heteroatoms. The third-order valence-electron chi connectivity index (χ3n) is 1.93. The molecule has 6 nitrogen and oxygen atoms in total. The van der Waals surface area contributed by atoms with E-state index in [1.807, 2.05) is 0 Å². The Morgan fingerprint density at radius 3 is 2.12 bits per heavy atom. The average molecular weight is 260 g/mol. The number of benzene rings is 1. The maximum absolute atomic E-state index is 11.3. The highest BCUT2D eigenvalue weighted by molar-refractivity contribution is 6.30. The van der Waals surface area contributed by atoms with Crippen molar-refractivity contribution in [3.63, 3.8) is 0 Å². The van der Waals surface area contributed by atoms with Crippen molar-refractivity contribution in [1.82, 2.24) is 0 Å². The van der Waals surface area contributed by atoms with E-state index in [1.54, 1.807) is 0 Å². The molecule has 1 rings (SSSR count). The van der Waals surface area contributed by atoms with Gasteiger partial charge in [-0.2, -0.15) is 0 Å². The number of aliphatic hydroxyl groups is 2. The van der Waals surface area contributed by atoms with Gasteiger partial charge in [0.15, 0.2) is 12.2 Å². The van der Waals surface area contributed by atoms with Crippen LogP contribution in [-0.2, 0) is 9.59 Å². The largest absolute Gasteiger partial charge is 0.479 e. The van der Waals surface area contributed by atoms with Crippen LogP contribution in [0.15, 0.2) is 24.3 Å². The lowest BCUT2D eigenvalue weighted by Gasteiger charge is -2.13. The Hall–Kier alpha value is -1.63. The van der Waals surface area contributed by atoms with E-state index < -0.39 is 24.1 Å². The van der Waals surface area contributed by atoms with E-state index in [0.29, 0.717) is 10.7 Å². The van der Waals surface area contributed by atoms with Gasteiger partial charge in [0.05, 0.1) is 0 Å². The zero-order chi connectivity index (χ0) is 13.0. The first kappa shape index (κ1) is 13.4. The van der Waals surface area contributed by atoms with E-state index in [4.69, 9.17) is 21.8 Å². The van der Waals surface area contributed by atoms with E-state index in [-0.39, 0.29) is 0 Å². The van der Waals surface area contributed by atoms with E-state index in [0.717, 1.165) is 0 Å². The molecule has 1 aromatic rings. The van der Waals surface area contributed by atoms with Crippen LogP contribution >= 0.6 is 11.6 Å². The monoisotopic (exact) mass is 259 g/mol. The molecule has 0 heterocycles. The van der Waals surface area contributed by atoms with Gasteiger partial charge in [0.1, 0.15) is 0 Å². The van der Waals surface area contributed by atoms with Crippen LogP contribution < -0.4 is 5.32 Å². The molecule has 1 aromatic carbocycles. The number of aliphatic hydroxyl groups excluding tert-OH is 2. The summed E-state index contributed by atoms with van der Waals surface area (Å²) in [6.45, 7) is 0. The summed E-state index contributed by atoms with van der Waals surface area (Å²) in [5.74, 6) is -2.69. The summed E-state index contributed by atoms with van der Waals surface area (Å²) in [6, 6.07) is 5.97. The molecule has 0 unspecified atom stereocenters. The number of carbonyl (C=O) groups is 2. The normalized spacial score (nSPS) is 13.8. The number of carboxylic acid groups (broad SMARTS) is 1. The molecule has 17 heavy (non-hydrogen) atoms. The lowest BCUT2D eigenvalue weighted by molar-refractivity contribution is -0.156. The minimum absolute atomic E-state index is 0.330. The first-order valence-corrected chi connectivity index (χ1v) is 4.95. The van der Waals surface area contributed by atoms with Crippen molar-refractivity contribution in [2.24, 2.45) is 0 Å². The first-order chi connectivity index (χ1) is 7.91. The Kier molecular flexibility index (Phi) is 4.45. The second-order valence-corrected chi connectivity index (χ2v) is 3.66. The summed E-state index contributed by atoms with van der Waals surface area (Å²) in [5, 5.41) is 29.3. The number of aliphatic carboxylic acids is 1. The van der Waals surface area contributed by atoms with Gasteiger partial charge in [-0.15, -0.1) is 0 Å². The fraction of sp³-hybridized carbons (Fsp3) is 0.200. The van der Waals surface area contributed by atoms with Crippen molar-refractivity contribution in [2.45, 2.75) is 12.2 Å². The third kappa shape index (κ3) is 3.70. The quantitative estimate of drug-likeness (QED) is 0.613. The highest BCUT2D eigenvalue weighted by Crippen LogP contribution is 2.13. The highest BCUT2D eigenvalue weighted by Gasteiger charge is 2.29. The molecule has 0 aromatic heterocycles. The first-order valence-electron chi connectivity index (χ1n) is 4.57. The number of hydrogen-bond donors (Lipinski definition) is 4. The molecule has 4 N–H and O–H groups in total. The van der Waals surface area contributed by atoms with Crippen LogP contribution in [0.2, 0.25) is 5.02 Å². The van der Waals surface area contributed by atoms with E-state index in [2.05, 4.69) is 5.32 Å². The number of amides is 1.